The molecule has 4 aromatic rings. The second-order valence-electron chi connectivity index (χ2n) is 5.60. The Kier molecular flexibility index (Phi) is 4.14. The summed E-state index contributed by atoms with van der Waals surface area (Å²) < 4.78 is 8.39. The standard InChI is InChI=1S/C18H16N6O2/c1-2-26-15-9-8-13(19-10-15)11-23-12-20-17-16(18(23)25)21-22-24(17)14-6-4-3-5-7-14/h3-10,12H,2,11H2,1H3. The van der Waals surface area contributed by atoms with Gasteiger partial charge in [-0.05, 0) is 31.2 Å². The highest BCUT2D eigenvalue weighted by Crippen LogP contribution is 2.12. The van der Waals surface area contributed by atoms with E-state index in [1.807, 2.05) is 49.4 Å². The molecule has 0 saturated carbocycles. The van der Waals surface area contributed by atoms with Crippen molar-refractivity contribution in [3.05, 3.63) is 71.0 Å². The van der Waals surface area contributed by atoms with Gasteiger partial charge in [0, 0.05) is 0 Å². The van der Waals surface area contributed by atoms with Gasteiger partial charge >= 0.3 is 0 Å². The van der Waals surface area contributed by atoms with E-state index in [1.165, 1.54) is 10.9 Å². The molecule has 0 radical (unpaired) electrons. The summed E-state index contributed by atoms with van der Waals surface area (Å²) >= 11 is 0. The van der Waals surface area contributed by atoms with E-state index in [9.17, 15) is 4.79 Å². The van der Waals surface area contributed by atoms with Crippen LogP contribution >= 0.6 is 0 Å². The average Bonchev–Trinajstić information content (AvgIpc) is 3.11. The van der Waals surface area contributed by atoms with E-state index in [-0.39, 0.29) is 11.1 Å². The van der Waals surface area contributed by atoms with Crippen LogP contribution < -0.4 is 10.3 Å². The molecule has 130 valence electrons. The van der Waals surface area contributed by atoms with E-state index >= 15 is 0 Å². The Morgan fingerprint density at radius 1 is 1.08 bits per heavy atom. The minimum Gasteiger partial charge on any atom is -0.492 e. The predicted molar refractivity (Wildman–Crippen MR) is 95.4 cm³/mol. The highest BCUT2D eigenvalue weighted by molar-refractivity contribution is 5.70. The molecule has 26 heavy (non-hydrogen) atoms. The van der Waals surface area contributed by atoms with Crippen molar-refractivity contribution in [2.24, 2.45) is 0 Å². The summed E-state index contributed by atoms with van der Waals surface area (Å²) in [4.78, 5) is 21.4. The van der Waals surface area contributed by atoms with Crippen LogP contribution in [0, 0.1) is 0 Å². The smallest absolute Gasteiger partial charge is 0.283 e. The van der Waals surface area contributed by atoms with Gasteiger partial charge in [0.2, 0.25) is 0 Å². The van der Waals surface area contributed by atoms with Gasteiger partial charge in [0.1, 0.15) is 12.1 Å². The Balaban J connectivity index is 1.67. The SMILES string of the molecule is CCOc1ccc(Cn2cnc3c(nnn3-c3ccccc3)c2=O)nc1. The first-order valence-electron chi connectivity index (χ1n) is 8.20. The van der Waals surface area contributed by atoms with Crippen LogP contribution in [0.2, 0.25) is 0 Å². The molecule has 3 aromatic heterocycles. The lowest BCUT2D eigenvalue weighted by Gasteiger charge is -2.06. The molecule has 0 N–H and O–H groups in total. The molecule has 0 bridgehead atoms. The van der Waals surface area contributed by atoms with Gasteiger partial charge in [0.05, 0.1) is 30.7 Å². The van der Waals surface area contributed by atoms with Crippen molar-refractivity contribution in [1.82, 2.24) is 29.5 Å². The number of rotatable bonds is 5. The number of fused-ring (bicyclic) bond motifs is 1. The van der Waals surface area contributed by atoms with Crippen molar-refractivity contribution < 1.29 is 4.74 Å². The molecule has 4 rings (SSSR count). The Morgan fingerprint density at radius 2 is 1.92 bits per heavy atom. The lowest BCUT2D eigenvalue weighted by atomic mass is 10.3. The van der Waals surface area contributed by atoms with Crippen molar-refractivity contribution >= 4 is 11.2 Å². The molecule has 0 unspecified atom stereocenters. The van der Waals surface area contributed by atoms with Crippen LogP contribution in [0.1, 0.15) is 12.6 Å². The second kappa shape index (κ2) is 6.75. The van der Waals surface area contributed by atoms with E-state index in [0.29, 0.717) is 24.5 Å². The topological polar surface area (TPSA) is 87.7 Å². The molecule has 0 spiro atoms. The van der Waals surface area contributed by atoms with Crippen molar-refractivity contribution in [1.29, 1.82) is 0 Å². The number of para-hydroxylation sites is 1. The number of pyridine rings is 1. The van der Waals surface area contributed by atoms with E-state index in [2.05, 4.69) is 20.3 Å². The Morgan fingerprint density at radius 3 is 2.65 bits per heavy atom. The normalized spacial score (nSPS) is 11.0. The van der Waals surface area contributed by atoms with Gasteiger partial charge in [0.15, 0.2) is 11.2 Å². The minimum atomic E-state index is -0.257. The Labute approximate surface area is 148 Å². The molecular weight excluding hydrogens is 332 g/mol. The summed E-state index contributed by atoms with van der Waals surface area (Å²) in [6.07, 6.45) is 3.13. The molecule has 8 nitrogen and oxygen atoms in total. The fraction of sp³-hybridized carbons (Fsp3) is 0.167. The third-order valence-electron chi connectivity index (χ3n) is 3.87. The zero-order valence-electron chi connectivity index (χ0n) is 14.1. The Bertz CT molecular complexity index is 1090. The number of hydrogen-bond donors (Lipinski definition) is 0. The highest BCUT2D eigenvalue weighted by atomic mass is 16.5. The maximum absolute atomic E-state index is 12.7. The van der Waals surface area contributed by atoms with Gasteiger partial charge in [-0.25, -0.2) is 4.98 Å². The lowest BCUT2D eigenvalue weighted by Crippen LogP contribution is -2.22. The van der Waals surface area contributed by atoms with Gasteiger partial charge < -0.3 is 4.74 Å². The molecule has 0 fully saturated rings. The van der Waals surface area contributed by atoms with Crippen molar-refractivity contribution in [3.8, 4) is 11.4 Å². The highest BCUT2D eigenvalue weighted by Gasteiger charge is 2.13. The van der Waals surface area contributed by atoms with Gasteiger partial charge in [0.25, 0.3) is 5.56 Å². The largest absolute Gasteiger partial charge is 0.492 e. The number of benzene rings is 1. The number of hydrogen-bond acceptors (Lipinski definition) is 6. The fourth-order valence-electron chi connectivity index (χ4n) is 2.63. The molecule has 0 aliphatic carbocycles. The van der Waals surface area contributed by atoms with Crippen LogP contribution in [0.15, 0.2) is 59.8 Å². The van der Waals surface area contributed by atoms with Gasteiger partial charge in [-0.15, -0.1) is 5.10 Å². The van der Waals surface area contributed by atoms with E-state index < -0.39 is 0 Å². The lowest BCUT2D eigenvalue weighted by molar-refractivity contribution is 0.338. The van der Waals surface area contributed by atoms with Crippen LogP contribution in [-0.4, -0.2) is 36.1 Å². The van der Waals surface area contributed by atoms with Crippen molar-refractivity contribution in [3.63, 3.8) is 0 Å². The molecule has 0 saturated heterocycles. The number of ether oxygens (including phenoxy) is 1. The molecule has 0 aliphatic rings. The first-order valence-corrected chi connectivity index (χ1v) is 8.20. The fourth-order valence-corrected chi connectivity index (χ4v) is 2.63. The van der Waals surface area contributed by atoms with Crippen LogP contribution in [0.25, 0.3) is 16.9 Å². The minimum absolute atomic E-state index is 0.224. The molecule has 0 amide bonds. The summed E-state index contributed by atoms with van der Waals surface area (Å²) in [6, 6.07) is 13.1. The van der Waals surface area contributed by atoms with Crippen LogP contribution in [0.5, 0.6) is 5.75 Å². The van der Waals surface area contributed by atoms with Crippen LogP contribution in [0.3, 0.4) is 0 Å². The molecule has 8 heteroatoms. The molecule has 3 heterocycles. The van der Waals surface area contributed by atoms with E-state index in [1.54, 1.807) is 10.9 Å². The molecular formula is C18H16N6O2. The molecule has 0 atom stereocenters. The summed E-state index contributed by atoms with van der Waals surface area (Å²) in [7, 11) is 0. The third kappa shape index (κ3) is 2.92. The monoisotopic (exact) mass is 348 g/mol. The maximum Gasteiger partial charge on any atom is 0.283 e. The summed E-state index contributed by atoms with van der Waals surface area (Å²) in [5, 5.41) is 8.08. The van der Waals surface area contributed by atoms with Crippen molar-refractivity contribution in [2.75, 3.05) is 6.61 Å². The Hall–Kier alpha value is -3.55. The zero-order chi connectivity index (χ0) is 17.9. The van der Waals surface area contributed by atoms with Crippen molar-refractivity contribution in [2.45, 2.75) is 13.5 Å². The van der Waals surface area contributed by atoms with E-state index in [4.69, 9.17) is 4.74 Å². The van der Waals surface area contributed by atoms with Crippen LogP contribution in [-0.2, 0) is 6.54 Å². The predicted octanol–water partition coefficient (Wildman–Crippen LogP) is 1.82. The molecule has 1 aromatic carbocycles. The third-order valence-corrected chi connectivity index (χ3v) is 3.87. The zero-order valence-corrected chi connectivity index (χ0v) is 14.1. The first kappa shape index (κ1) is 15.9. The summed E-state index contributed by atoms with van der Waals surface area (Å²) in [5.74, 6) is 0.697. The average molecular weight is 348 g/mol. The van der Waals surface area contributed by atoms with Crippen LogP contribution in [0.4, 0.5) is 0 Å². The van der Waals surface area contributed by atoms with Gasteiger partial charge in [-0.2, -0.15) is 4.68 Å². The number of nitrogens with zero attached hydrogens (tertiary/aromatic N) is 6. The quantitative estimate of drug-likeness (QED) is 0.547. The van der Waals surface area contributed by atoms with E-state index in [0.717, 1.165) is 11.4 Å². The second-order valence-corrected chi connectivity index (χ2v) is 5.60. The van der Waals surface area contributed by atoms with Gasteiger partial charge in [-0.1, -0.05) is 23.4 Å². The summed E-state index contributed by atoms with van der Waals surface area (Å²) in [5.41, 5.74) is 1.92. The first-order chi connectivity index (χ1) is 12.8. The summed E-state index contributed by atoms with van der Waals surface area (Å²) in [6.45, 7) is 2.79. The number of aromatic nitrogens is 6. The van der Waals surface area contributed by atoms with Gasteiger partial charge in [-0.3, -0.25) is 14.3 Å². The maximum atomic E-state index is 12.7. The molecule has 0 aliphatic heterocycles.